The van der Waals surface area contributed by atoms with E-state index in [2.05, 4.69) is 50.9 Å². The van der Waals surface area contributed by atoms with Crippen LogP contribution in [0.5, 0.6) is 0 Å². The largest absolute Gasteiger partial charge is 0.383 e. The van der Waals surface area contributed by atoms with Crippen LogP contribution in [0, 0.1) is 0 Å². The highest BCUT2D eigenvalue weighted by Crippen LogP contribution is 2.39. The molecule has 1 aliphatic rings. The highest BCUT2D eigenvalue weighted by molar-refractivity contribution is 6.32. The lowest BCUT2D eigenvalue weighted by molar-refractivity contribution is 0.373. The fraction of sp³-hybridized carbons (Fsp3) is 0.333. The van der Waals surface area contributed by atoms with Crippen LogP contribution in [0.2, 0.25) is 5.15 Å². The van der Waals surface area contributed by atoms with Crippen LogP contribution in [0.25, 0.3) is 0 Å². The molecule has 4 nitrogen and oxygen atoms in total. The molecule has 0 spiro atoms. The molecule has 0 unspecified atom stereocenters. The maximum atomic E-state index is 6.05. The van der Waals surface area contributed by atoms with Gasteiger partial charge in [-0.2, -0.15) is 0 Å². The van der Waals surface area contributed by atoms with Crippen molar-refractivity contribution in [3.05, 3.63) is 47.4 Å². The van der Waals surface area contributed by atoms with Crippen LogP contribution in [0.15, 0.2) is 36.7 Å². The van der Waals surface area contributed by atoms with E-state index in [9.17, 15) is 0 Å². The monoisotopic (exact) mass is 288 g/mol. The fourth-order valence-corrected chi connectivity index (χ4v) is 2.85. The van der Waals surface area contributed by atoms with E-state index in [1.165, 1.54) is 11.9 Å². The van der Waals surface area contributed by atoms with Crippen LogP contribution < -0.4 is 10.6 Å². The Hall–Kier alpha value is -1.81. The number of hydrogen-bond donors (Lipinski definition) is 2. The van der Waals surface area contributed by atoms with Crippen LogP contribution in [-0.2, 0) is 0 Å². The maximum Gasteiger partial charge on any atom is 0.157 e. The molecule has 1 aliphatic carbocycles. The van der Waals surface area contributed by atoms with Gasteiger partial charge in [0.2, 0.25) is 0 Å². The molecule has 3 rings (SSSR count). The van der Waals surface area contributed by atoms with Gasteiger partial charge in [0, 0.05) is 13.1 Å². The number of aromatic nitrogens is 2. The first-order chi connectivity index (χ1) is 9.78. The van der Waals surface area contributed by atoms with Gasteiger partial charge in [-0.25, -0.2) is 9.97 Å². The molecule has 0 saturated heterocycles. The summed E-state index contributed by atoms with van der Waals surface area (Å²) in [6, 6.07) is 11.1. The maximum absolute atomic E-state index is 6.05. The van der Waals surface area contributed by atoms with Gasteiger partial charge >= 0.3 is 0 Å². The summed E-state index contributed by atoms with van der Waals surface area (Å²) in [5.74, 6) is 1.42. The van der Waals surface area contributed by atoms with Gasteiger partial charge in [-0.05, 0) is 24.3 Å². The molecule has 2 aromatic rings. The molecule has 2 N–H and O–H groups in total. The lowest BCUT2D eigenvalue weighted by Gasteiger charge is -2.36. The van der Waals surface area contributed by atoms with Gasteiger partial charge in [-0.15, -0.1) is 0 Å². The highest BCUT2D eigenvalue weighted by Gasteiger charge is 2.30. The van der Waals surface area contributed by atoms with Crippen molar-refractivity contribution in [2.75, 3.05) is 17.7 Å². The standard InChI is InChI=1S/C15H17ClN4/c1-17-13-14(16)18-9-19-15(13)20-12-7-11(8-12)10-5-3-2-4-6-10/h2-6,9,11-12,17H,7-8H2,1H3,(H,18,19,20). The van der Waals surface area contributed by atoms with E-state index in [4.69, 9.17) is 11.6 Å². The van der Waals surface area contributed by atoms with Gasteiger partial charge in [0.25, 0.3) is 0 Å². The van der Waals surface area contributed by atoms with Crippen LogP contribution in [-0.4, -0.2) is 23.1 Å². The molecule has 1 saturated carbocycles. The third kappa shape index (κ3) is 2.56. The van der Waals surface area contributed by atoms with Crippen molar-refractivity contribution in [2.45, 2.75) is 24.8 Å². The molecule has 0 atom stereocenters. The summed E-state index contributed by atoms with van der Waals surface area (Å²) in [6.45, 7) is 0. The van der Waals surface area contributed by atoms with E-state index < -0.39 is 0 Å². The summed E-state index contributed by atoms with van der Waals surface area (Å²) in [5.41, 5.74) is 2.18. The molecular formula is C15H17ClN4. The van der Waals surface area contributed by atoms with Gasteiger partial charge in [-0.3, -0.25) is 0 Å². The minimum Gasteiger partial charge on any atom is -0.383 e. The molecule has 1 fully saturated rings. The van der Waals surface area contributed by atoms with Crippen LogP contribution in [0.4, 0.5) is 11.5 Å². The highest BCUT2D eigenvalue weighted by atomic mass is 35.5. The first kappa shape index (κ1) is 13.2. The molecule has 1 aromatic heterocycles. The average molecular weight is 289 g/mol. The molecule has 0 radical (unpaired) electrons. The second kappa shape index (κ2) is 5.67. The number of hydrogen-bond acceptors (Lipinski definition) is 4. The van der Waals surface area contributed by atoms with E-state index in [-0.39, 0.29) is 0 Å². The second-order valence-electron chi connectivity index (χ2n) is 5.06. The Labute approximate surface area is 123 Å². The lowest BCUT2D eigenvalue weighted by atomic mass is 9.76. The van der Waals surface area contributed by atoms with E-state index in [0.29, 0.717) is 17.1 Å². The van der Waals surface area contributed by atoms with Crippen molar-refractivity contribution in [3.63, 3.8) is 0 Å². The Morgan fingerprint density at radius 3 is 2.60 bits per heavy atom. The zero-order valence-electron chi connectivity index (χ0n) is 11.3. The van der Waals surface area contributed by atoms with Crippen LogP contribution in [0.1, 0.15) is 24.3 Å². The van der Waals surface area contributed by atoms with Gasteiger partial charge in [-0.1, -0.05) is 41.9 Å². The summed E-state index contributed by atoms with van der Waals surface area (Å²) in [6.07, 6.45) is 3.72. The van der Waals surface area contributed by atoms with Gasteiger partial charge in [0.15, 0.2) is 11.0 Å². The Balaban J connectivity index is 1.63. The zero-order valence-corrected chi connectivity index (χ0v) is 12.1. The first-order valence-electron chi connectivity index (χ1n) is 6.77. The van der Waals surface area contributed by atoms with Crippen molar-refractivity contribution < 1.29 is 0 Å². The third-order valence-corrected chi connectivity index (χ3v) is 4.09. The van der Waals surface area contributed by atoms with E-state index in [0.717, 1.165) is 24.3 Å². The van der Waals surface area contributed by atoms with E-state index >= 15 is 0 Å². The Morgan fingerprint density at radius 1 is 1.15 bits per heavy atom. The fourth-order valence-electron chi connectivity index (χ4n) is 2.62. The van der Waals surface area contributed by atoms with Crippen molar-refractivity contribution >= 4 is 23.1 Å². The Morgan fingerprint density at radius 2 is 1.90 bits per heavy atom. The van der Waals surface area contributed by atoms with E-state index in [1.54, 1.807) is 0 Å². The number of halogens is 1. The molecule has 20 heavy (non-hydrogen) atoms. The minimum absolute atomic E-state index is 0.443. The van der Waals surface area contributed by atoms with Crippen molar-refractivity contribution in [1.82, 2.24) is 9.97 Å². The lowest BCUT2D eigenvalue weighted by Crippen LogP contribution is -2.34. The first-order valence-corrected chi connectivity index (χ1v) is 7.15. The number of benzene rings is 1. The predicted octanol–water partition coefficient (Wildman–Crippen LogP) is 3.53. The smallest absolute Gasteiger partial charge is 0.157 e. The Kier molecular flexibility index (Phi) is 3.74. The second-order valence-corrected chi connectivity index (χ2v) is 5.42. The van der Waals surface area contributed by atoms with Gasteiger partial charge < -0.3 is 10.6 Å². The average Bonchev–Trinajstić information content (AvgIpc) is 2.43. The molecule has 0 amide bonds. The zero-order chi connectivity index (χ0) is 13.9. The molecular weight excluding hydrogens is 272 g/mol. The molecule has 0 bridgehead atoms. The summed E-state index contributed by atoms with van der Waals surface area (Å²) in [4.78, 5) is 8.24. The summed E-state index contributed by atoms with van der Waals surface area (Å²) in [5, 5.41) is 6.93. The van der Waals surface area contributed by atoms with Gasteiger partial charge in [0.1, 0.15) is 12.0 Å². The molecule has 1 aromatic carbocycles. The number of anilines is 2. The van der Waals surface area contributed by atoms with Gasteiger partial charge in [0.05, 0.1) is 0 Å². The van der Waals surface area contributed by atoms with Crippen LogP contribution >= 0.6 is 11.6 Å². The molecule has 0 aliphatic heterocycles. The van der Waals surface area contributed by atoms with Crippen molar-refractivity contribution in [1.29, 1.82) is 0 Å². The quantitative estimate of drug-likeness (QED) is 0.845. The third-order valence-electron chi connectivity index (χ3n) is 3.80. The summed E-state index contributed by atoms with van der Waals surface area (Å²) >= 11 is 6.05. The molecule has 104 valence electrons. The molecule has 1 heterocycles. The normalized spacial score (nSPS) is 21.1. The minimum atomic E-state index is 0.443. The van der Waals surface area contributed by atoms with Crippen LogP contribution in [0.3, 0.4) is 0 Å². The SMILES string of the molecule is CNc1c(Cl)ncnc1NC1CC(c2ccccc2)C1. The number of nitrogens with one attached hydrogen (secondary N) is 2. The summed E-state index contributed by atoms with van der Waals surface area (Å²) < 4.78 is 0. The summed E-state index contributed by atoms with van der Waals surface area (Å²) in [7, 11) is 1.82. The van der Waals surface area contributed by atoms with Crippen molar-refractivity contribution in [3.8, 4) is 0 Å². The Bertz CT molecular complexity index is 582. The number of nitrogens with zero attached hydrogens (tertiary/aromatic N) is 2. The topological polar surface area (TPSA) is 49.8 Å². The predicted molar refractivity (Wildman–Crippen MR) is 82.4 cm³/mol. The number of rotatable bonds is 4. The molecule has 5 heteroatoms. The van der Waals surface area contributed by atoms with E-state index in [1.807, 2.05) is 7.05 Å². The van der Waals surface area contributed by atoms with Crippen molar-refractivity contribution in [2.24, 2.45) is 0 Å².